The van der Waals surface area contributed by atoms with Crippen LogP contribution in [0.4, 0.5) is 0 Å². The van der Waals surface area contributed by atoms with E-state index in [4.69, 9.17) is 0 Å². The molecular weight excluding hydrogens is 608 g/mol. The van der Waals surface area contributed by atoms with Crippen LogP contribution in [0.3, 0.4) is 0 Å². The van der Waals surface area contributed by atoms with Gasteiger partial charge in [-0.2, -0.15) is 0 Å². The maximum atomic E-state index is 13.6. The summed E-state index contributed by atoms with van der Waals surface area (Å²) in [6.07, 6.45) is 15.1. The van der Waals surface area contributed by atoms with E-state index in [-0.39, 0.29) is 39.5 Å². The van der Waals surface area contributed by atoms with Gasteiger partial charge in [-0.05, 0) is 158 Å². The van der Waals surface area contributed by atoms with Crippen LogP contribution in [0, 0.1) is 57.2 Å². The smallest absolute Gasteiger partial charge is 0.335 e. The molecule has 1 heterocycles. The van der Waals surface area contributed by atoms with Crippen molar-refractivity contribution in [3.8, 4) is 0 Å². The summed E-state index contributed by atoms with van der Waals surface area (Å²) < 4.78 is 0. The van der Waals surface area contributed by atoms with Gasteiger partial charge in [-0.25, -0.2) is 4.79 Å². The first-order valence-electron chi connectivity index (χ1n) is 19.4. The van der Waals surface area contributed by atoms with Crippen molar-refractivity contribution < 1.29 is 19.5 Å². The number of carboxylic acid groups (broad SMARTS) is 1. The number of carbonyl (C=O) groups is 3. The number of amides is 2. The van der Waals surface area contributed by atoms with Crippen LogP contribution in [0.5, 0.6) is 0 Å². The Morgan fingerprint density at radius 2 is 1.55 bits per heavy atom. The van der Waals surface area contributed by atoms with Crippen LogP contribution in [0.1, 0.15) is 128 Å². The zero-order valence-corrected chi connectivity index (χ0v) is 30.9. The molecule has 6 aliphatic rings. The molecule has 4 saturated carbocycles. The molecule has 7 rings (SSSR count). The van der Waals surface area contributed by atoms with Crippen molar-refractivity contribution in [2.75, 3.05) is 13.1 Å². The summed E-state index contributed by atoms with van der Waals surface area (Å²) in [5.41, 5.74) is 4.85. The van der Waals surface area contributed by atoms with Crippen molar-refractivity contribution in [3.05, 3.63) is 53.6 Å². The molecule has 0 bridgehead atoms. The number of aromatic carboxylic acids is 1. The Hall–Kier alpha value is -2.89. The van der Waals surface area contributed by atoms with E-state index in [1.165, 1.54) is 61.7 Å². The summed E-state index contributed by atoms with van der Waals surface area (Å²) in [4.78, 5) is 39.1. The molecule has 49 heavy (non-hydrogen) atoms. The highest BCUT2D eigenvalue weighted by Crippen LogP contribution is 2.73. The van der Waals surface area contributed by atoms with E-state index in [9.17, 15) is 19.5 Å². The Labute approximate surface area is 294 Å². The molecule has 1 aromatic rings. The van der Waals surface area contributed by atoms with E-state index < -0.39 is 5.97 Å². The Bertz CT molecular complexity index is 1560. The molecule has 1 aromatic carbocycles. The van der Waals surface area contributed by atoms with Crippen LogP contribution in [-0.4, -0.2) is 46.9 Å². The molecule has 0 radical (unpaired) electrons. The Balaban J connectivity index is 1.14. The molecule has 10 atom stereocenters. The lowest BCUT2D eigenvalue weighted by molar-refractivity contribution is -0.176. The molecule has 2 N–H and O–H groups in total. The van der Waals surface area contributed by atoms with Crippen molar-refractivity contribution in [2.45, 2.75) is 118 Å². The summed E-state index contributed by atoms with van der Waals surface area (Å²) in [6.45, 7) is 20.0. The van der Waals surface area contributed by atoms with Gasteiger partial charge in [0.15, 0.2) is 0 Å². The highest BCUT2D eigenvalue weighted by atomic mass is 16.4. The number of likely N-dealkylation sites (tertiary alicyclic amines) is 1. The molecular formula is C43H60N2O4. The first-order chi connectivity index (χ1) is 23.1. The summed E-state index contributed by atoms with van der Waals surface area (Å²) in [7, 11) is 0. The molecule has 6 nitrogen and oxygen atoms in total. The summed E-state index contributed by atoms with van der Waals surface area (Å²) in [6, 6.07) is 7.23. The van der Waals surface area contributed by atoms with Crippen molar-refractivity contribution in [1.82, 2.24) is 10.2 Å². The Morgan fingerprint density at radius 1 is 0.878 bits per heavy atom. The number of nitrogens with one attached hydrogen (secondary N) is 1. The van der Waals surface area contributed by atoms with Gasteiger partial charge >= 0.3 is 5.97 Å². The van der Waals surface area contributed by atoms with Gasteiger partial charge in [-0.1, -0.05) is 58.1 Å². The average molecular weight is 669 g/mol. The van der Waals surface area contributed by atoms with Crippen LogP contribution in [-0.2, 0) is 9.59 Å². The molecule has 5 aliphatic carbocycles. The number of nitrogens with zero attached hydrogens (tertiary/aromatic N) is 1. The van der Waals surface area contributed by atoms with E-state index in [1.807, 2.05) is 12.1 Å². The monoisotopic (exact) mass is 668 g/mol. The highest BCUT2D eigenvalue weighted by molar-refractivity contribution is 5.88. The Morgan fingerprint density at radius 3 is 2.22 bits per heavy atom. The van der Waals surface area contributed by atoms with Crippen molar-refractivity contribution in [1.29, 1.82) is 0 Å². The number of carboxylic acids is 1. The fourth-order valence-corrected chi connectivity index (χ4v) is 13.8. The Kier molecular flexibility index (Phi) is 8.54. The van der Waals surface area contributed by atoms with Gasteiger partial charge in [-0.15, -0.1) is 0 Å². The third-order valence-electron chi connectivity index (χ3n) is 16.0. The minimum absolute atomic E-state index is 0.00738. The third-order valence-corrected chi connectivity index (χ3v) is 16.0. The predicted octanol–water partition coefficient (Wildman–Crippen LogP) is 8.77. The normalized spacial score (nSPS) is 40.7. The molecule has 6 heteroatoms. The summed E-state index contributed by atoms with van der Waals surface area (Å²) >= 11 is 0. The fourth-order valence-electron chi connectivity index (χ4n) is 13.8. The van der Waals surface area contributed by atoms with Gasteiger partial charge < -0.3 is 15.3 Å². The van der Waals surface area contributed by atoms with Crippen LogP contribution in [0.15, 0.2) is 42.5 Å². The minimum Gasteiger partial charge on any atom is -0.478 e. The van der Waals surface area contributed by atoms with E-state index in [0.29, 0.717) is 47.6 Å². The SMILES string of the molecule is C=C(C)C1CCC2(CNC(=O)C3CCCN3C(C)=O)CCC3(C)C(CCC4C3CCC3C(C)(C)C(c5ccc(C(=O)O)cc5)=CCC43C)C12. The van der Waals surface area contributed by atoms with Crippen LogP contribution in [0.25, 0.3) is 5.57 Å². The number of rotatable bonds is 6. The fraction of sp³-hybridized carbons (Fsp3) is 0.698. The molecule has 0 aromatic heterocycles. The van der Waals surface area contributed by atoms with Gasteiger partial charge in [0.05, 0.1) is 5.56 Å². The molecule has 0 spiro atoms. The van der Waals surface area contributed by atoms with Crippen molar-refractivity contribution in [3.63, 3.8) is 0 Å². The molecule has 5 fully saturated rings. The van der Waals surface area contributed by atoms with Gasteiger partial charge in [0.2, 0.25) is 11.8 Å². The number of hydrogen-bond donors (Lipinski definition) is 2. The zero-order chi connectivity index (χ0) is 35.1. The molecule has 1 saturated heterocycles. The van der Waals surface area contributed by atoms with E-state index in [0.717, 1.165) is 32.2 Å². The quantitative estimate of drug-likeness (QED) is 0.297. The molecule has 1 aliphatic heterocycles. The molecule has 266 valence electrons. The van der Waals surface area contributed by atoms with E-state index in [1.54, 1.807) is 24.0 Å². The number of hydrogen-bond acceptors (Lipinski definition) is 3. The molecule has 10 unspecified atom stereocenters. The lowest BCUT2D eigenvalue weighted by Gasteiger charge is -2.68. The summed E-state index contributed by atoms with van der Waals surface area (Å²) in [5, 5.41) is 12.9. The van der Waals surface area contributed by atoms with Crippen LogP contribution < -0.4 is 5.32 Å². The number of benzene rings is 1. The number of allylic oxidation sites excluding steroid dienone is 3. The first-order valence-corrected chi connectivity index (χ1v) is 19.4. The second-order valence-corrected chi connectivity index (χ2v) is 18.4. The number of fused-ring (bicyclic) bond motifs is 7. The zero-order valence-electron chi connectivity index (χ0n) is 30.9. The minimum atomic E-state index is -0.875. The second kappa shape index (κ2) is 12.1. The number of carbonyl (C=O) groups excluding carboxylic acids is 2. The largest absolute Gasteiger partial charge is 0.478 e. The van der Waals surface area contributed by atoms with Crippen molar-refractivity contribution in [2.24, 2.45) is 57.2 Å². The highest BCUT2D eigenvalue weighted by Gasteiger charge is 2.66. The van der Waals surface area contributed by atoms with Crippen molar-refractivity contribution >= 4 is 23.4 Å². The van der Waals surface area contributed by atoms with Gasteiger partial charge in [0.25, 0.3) is 0 Å². The second-order valence-electron chi connectivity index (χ2n) is 18.4. The van der Waals surface area contributed by atoms with E-state index in [2.05, 4.69) is 52.6 Å². The lowest BCUT2D eigenvalue weighted by Crippen LogP contribution is -2.62. The first kappa shape index (κ1) is 34.6. The van der Waals surface area contributed by atoms with Gasteiger partial charge in [0, 0.05) is 20.0 Å². The maximum absolute atomic E-state index is 13.6. The van der Waals surface area contributed by atoms with E-state index >= 15 is 0 Å². The average Bonchev–Trinajstić information content (AvgIpc) is 3.70. The van der Waals surface area contributed by atoms with Gasteiger partial charge in [-0.3, -0.25) is 9.59 Å². The van der Waals surface area contributed by atoms with Gasteiger partial charge in [0.1, 0.15) is 6.04 Å². The predicted molar refractivity (Wildman–Crippen MR) is 195 cm³/mol. The maximum Gasteiger partial charge on any atom is 0.335 e. The van der Waals surface area contributed by atoms with Crippen LogP contribution >= 0.6 is 0 Å². The lowest BCUT2D eigenvalue weighted by atomic mass is 9.37. The van der Waals surface area contributed by atoms with Crippen LogP contribution in [0.2, 0.25) is 0 Å². The standard InChI is InChI=1S/C43H60N2O4/c1-26(2)30-18-21-43(25-44-38(47)35-9-8-24-45(35)27(3)46)23-22-41(6)32-16-17-36-40(4,5)31(28-10-12-29(13-11-28)39(48)49)19-20-42(36,7)33(32)14-15-34(41)37(30)43/h10-13,19,30,32-37H,1,8-9,14-18,20-25H2,2-7H3,(H,44,47)(H,48,49). The topological polar surface area (TPSA) is 86.7 Å². The molecule has 2 amide bonds. The summed E-state index contributed by atoms with van der Waals surface area (Å²) in [5.74, 6) is 2.85. The third kappa shape index (κ3) is 5.27.